The van der Waals surface area contributed by atoms with Crippen LogP contribution in [0.1, 0.15) is 38.8 Å². The molecule has 0 saturated heterocycles. The average Bonchev–Trinajstić information content (AvgIpc) is 2.70. The highest BCUT2D eigenvalue weighted by Crippen LogP contribution is 2.25. The van der Waals surface area contributed by atoms with E-state index in [1.165, 1.54) is 12.1 Å². The topological polar surface area (TPSA) is 90.9 Å². The van der Waals surface area contributed by atoms with Crippen LogP contribution in [0.3, 0.4) is 0 Å². The summed E-state index contributed by atoms with van der Waals surface area (Å²) in [6, 6.07) is 12.0. The zero-order valence-corrected chi connectivity index (χ0v) is 18.8. The standard InChI is InChI=1S/C22H29NO6S/c1-6-30(25,26)19-12-9-17(14-23-21(24)29-22(2,3)4)20(13-19)28-15-16-7-10-18(27-5)11-8-16/h7-13H,6,14-15H2,1-5H3,(H,23,24). The molecule has 1 amide bonds. The van der Waals surface area contributed by atoms with E-state index in [-0.39, 0.29) is 23.8 Å². The summed E-state index contributed by atoms with van der Waals surface area (Å²) >= 11 is 0. The summed E-state index contributed by atoms with van der Waals surface area (Å²) in [7, 11) is -1.80. The molecular formula is C22H29NO6S. The van der Waals surface area contributed by atoms with Gasteiger partial charge in [-0.25, -0.2) is 13.2 Å². The number of ether oxygens (including phenoxy) is 3. The van der Waals surface area contributed by atoms with Crippen LogP contribution in [0.5, 0.6) is 11.5 Å². The number of benzene rings is 2. The molecule has 164 valence electrons. The van der Waals surface area contributed by atoms with E-state index in [2.05, 4.69) is 5.32 Å². The zero-order valence-electron chi connectivity index (χ0n) is 18.0. The van der Waals surface area contributed by atoms with Crippen molar-refractivity contribution in [1.82, 2.24) is 5.32 Å². The number of alkyl carbamates (subject to hydrolysis) is 1. The second kappa shape index (κ2) is 9.84. The van der Waals surface area contributed by atoms with Crippen molar-refractivity contribution in [1.29, 1.82) is 0 Å². The lowest BCUT2D eigenvalue weighted by Crippen LogP contribution is -2.32. The van der Waals surface area contributed by atoms with Crippen LogP contribution in [-0.2, 0) is 27.7 Å². The predicted octanol–water partition coefficient (Wildman–Crippen LogP) is 4.09. The van der Waals surface area contributed by atoms with Gasteiger partial charge in [0.05, 0.1) is 17.8 Å². The SMILES string of the molecule is CCS(=O)(=O)c1ccc(CNC(=O)OC(C)(C)C)c(OCc2ccc(OC)cc2)c1. The van der Waals surface area contributed by atoms with Crippen molar-refractivity contribution < 1.29 is 27.4 Å². The molecule has 0 fully saturated rings. The fraction of sp³-hybridized carbons (Fsp3) is 0.409. The molecule has 0 aliphatic carbocycles. The van der Waals surface area contributed by atoms with Crippen molar-refractivity contribution in [3.05, 3.63) is 53.6 Å². The molecule has 2 rings (SSSR count). The molecule has 0 saturated carbocycles. The van der Waals surface area contributed by atoms with Gasteiger partial charge in [0.25, 0.3) is 0 Å². The second-order valence-electron chi connectivity index (χ2n) is 7.67. The molecule has 0 heterocycles. The van der Waals surface area contributed by atoms with E-state index in [0.29, 0.717) is 11.3 Å². The Hall–Kier alpha value is -2.74. The number of sulfone groups is 1. The molecule has 0 aromatic heterocycles. The van der Waals surface area contributed by atoms with Crippen molar-refractivity contribution >= 4 is 15.9 Å². The van der Waals surface area contributed by atoms with Crippen LogP contribution in [0.2, 0.25) is 0 Å². The van der Waals surface area contributed by atoms with Crippen LogP contribution >= 0.6 is 0 Å². The molecule has 1 N–H and O–H groups in total. The van der Waals surface area contributed by atoms with Crippen molar-refractivity contribution in [3.63, 3.8) is 0 Å². The number of methoxy groups -OCH3 is 1. The minimum atomic E-state index is -3.39. The minimum Gasteiger partial charge on any atom is -0.497 e. The van der Waals surface area contributed by atoms with Crippen LogP contribution in [-0.4, -0.2) is 33.0 Å². The maximum absolute atomic E-state index is 12.3. The van der Waals surface area contributed by atoms with Gasteiger partial charge in [-0.3, -0.25) is 0 Å². The first-order chi connectivity index (χ1) is 14.0. The normalized spacial score (nSPS) is 11.6. The molecule has 0 aliphatic rings. The van der Waals surface area contributed by atoms with Crippen LogP contribution in [0.4, 0.5) is 4.79 Å². The van der Waals surface area contributed by atoms with Crippen LogP contribution in [0, 0.1) is 0 Å². The Balaban J connectivity index is 2.21. The predicted molar refractivity (Wildman–Crippen MR) is 115 cm³/mol. The van der Waals surface area contributed by atoms with Gasteiger partial charge in [0, 0.05) is 12.1 Å². The lowest BCUT2D eigenvalue weighted by Gasteiger charge is -2.20. The summed E-state index contributed by atoms with van der Waals surface area (Å²) in [5.74, 6) is 1.11. The van der Waals surface area contributed by atoms with Gasteiger partial charge < -0.3 is 19.5 Å². The largest absolute Gasteiger partial charge is 0.497 e. The Morgan fingerprint density at radius 3 is 2.30 bits per heavy atom. The third-order valence-electron chi connectivity index (χ3n) is 4.15. The summed E-state index contributed by atoms with van der Waals surface area (Å²) in [5.41, 5.74) is 0.923. The van der Waals surface area contributed by atoms with Gasteiger partial charge in [0.2, 0.25) is 0 Å². The highest BCUT2D eigenvalue weighted by Gasteiger charge is 2.18. The van der Waals surface area contributed by atoms with Gasteiger partial charge >= 0.3 is 6.09 Å². The van der Waals surface area contributed by atoms with Crippen LogP contribution < -0.4 is 14.8 Å². The number of nitrogens with one attached hydrogen (secondary N) is 1. The number of hydrogen-bond acceptors (Lipinski definition) is 6. The maximum Gasteiger partial charge on any atom is 0.407 e. The van der Waals surface area contributed by atoms with E-state index in [0.717, 1.165) is 11.3 Å². The van der Waals surface area contributed by atoms with Gasteiger partial charge in [-0.2, -0.15) is 0 Å². The summed E-state index contributed by atoms with van der Waals surface area (Å²) in [5, 5.41) is 2.67. The summed E-state index contributed by atoms with van der Waals surface area (Å²) in [4.78, 5) is 12.2. The average molecular weight is 436 g/mol. The van der Waals surface area contributed by atoms with Crippen molar-refractivity contribution in [2.45, 2.75) is 51.3 Å². The number of rotatable bonds is 8. The molecule has 7 nitrogen and oxygen atoms in total. The highest BCUT2D eigenvalue weighted by atomic mass is 32.2. The van der Waals surface area contributed by atoms with E-state index in [4.69, 9.17) is 14.2 Å². The summed E-state index contributed by atoms with van der Waals surface area (Å²) in [6.07, 6.45) is -0.561. The number of hydrogen-bond donors (Lipinski definition) is 1. The van der Waals surface area contributed by atoms with Crippen molar-refractivity contribution in [2.24, 2.45) is 0 Å². The first-order valence-corrected chi connectivity index (χ1v) is 11.3. The molecule has 0 spiro atoms. The van der Waals surface area contributed by atoms with E-state index < -0.39 is 21.5 Å². The first kappa shape index (κ1) is 23.5. The minimum absolute atomic E-state index is 0.0135. The fourth-order valence-electron chi connectivity index (χ4n) is 2.54. The molecule has 8 heteroatoms. The molecule has 0 aliphatic heterocycles. The fourth-order valence-corrected chi connectivity index (χ4v) is 3.44. The number of carbonyl (C=O) groups excluding carboxylic acids is 1. The third kappa shape index (κ3) is 6.95. The molecule has 30 heavy (non-hydrogen) atoms. The second-order valence-corrected chi connectivity index (χ2v) is 9.94. The van der Waals surface area contributed by atoms with Crippen molar-refractivity contribution in [2.75, 3.05) is 12.9 Å². The van der Waals surface area contributed by atoms with E-state index in [1.807, 2.05) is 24.3 Å². The molecule has 0 bridgehead atoms. The molecular weight excluding hydrogens is 406 g/mol. The van der Waals surface area contributed by atoms with Crippen LogP contribution in [0.15, 0.2) is 47.4 Å². The van der Waals surface area contributed by atoms with Crippen molar-refractivity contribution in [3.8, 4) is 11.5 Å². The lowest BCUT2D eigenvalue weighted by atomic mass is 10.2. The third-order valence-corrected chi connectivity index (χ3v) is 5.89. The van der Waals surface area contributed by atoms with E-state index in [1.54, 1.807) is 40.9 Å². The summed E-state index contributed by atoms with van der Waals surface area (Å²) < 4.78 is 40.9. The monoisotopic (exact) mass is 435 g/mol. The van der Waals surface area contributed by atoms with Gasteiger partial charge in [-0.05, 0) is 50.6 Å². The molecule has 0 radical (unpaired) electrons. The van der Waals surface area contributed by atoms with E-state index >= 15 is 0 Å². The van der Waals surface area contributed by atoms with Gasteiger partial charge in [-0.1, -0.05) is 25.1 Å². The Labute approximate surface area is 178 Å². The first-order valence-electron chi connectivity index (χ1n) is 9.62. The zero-order chi connectivity index (χ0) is 22.4. The summed E-state index contributed by atoms with van der Waals surface area (Å²) in [6.45, 7) is 7.30. The smallest absolute Gasteiger partial charge is 0.407 e. The number of carbonyl (C=O) groups is 1. The maximum atomic E-state index is 12.3. The van der Waals surface area contributed by atoms with Gasteiger partial charge in [-0.15, -0.1) is 0 Å². The Morgan fingerprint density at radius 1 is 1.07 bits per heavy atom. The molecule has 0 unspecified atom stereocenters. The van der Waals surface area contributed by atoms with Gasteiger partial charge in [0.1, 0.15) is 23.7 Å². The molecule has 0 atom stereocenters. The Bertz CT molecular complexity index is 962. The lowest BCUT2D eigenvalue weighted by molar-refractivity contribution is 0.0523. The van der Waals surface area contributed by atoms with Gasteiger partial charge in [0.15, 0.2) is 9.84 Å². The van der Waals surface area contributed by atoms with Crippen LogP contribution in [0.25, 0.3) is 0 Å². The number of amides is 1. The Morgan fingerprint density at radius 2 is 1.73 bits per heavy atom. The highest BCUT2D eigenvalue weighted by molar-refractivity contribution is 7.91. The van der Waals surface area contributed by atoms with E-state index in [9.17, 15) is 13.2 Å². The molecule has 2 aromatic carbocycles. The Kier molecular flexibility index (Phi) is 7.72. The quantitative estimate of drug-likeness (QED) is 0.672. The molecule has 2 aromatic rings.